The summed E-state index contributed by atoms with van der Waals surface area (Å²) in [5.74, 6) is 0.277. The summed E-state index contributed by atoms with van der Waals surface area (Å²) in [6.45, 7) is 2.25. The van der Waals surface area contributed by atoms with Gasteiger partial charge in [0.2, 0.25) is 0 Å². The third-order valence-electron chi connectivity index (χ3n) is 3.43. The zero-order valence-corrected chi connectivity index (χ0v) is 11.7. The third-order valence-corrected chi connectivity index (χ3v) is 3.43. The molecule has 0 spiro atoms. The van der Waals surface area contributed by atoms with E-state index in [1.165, 1.54) is 51.4 Å². The molecule has 102 valence electrons. The summed E-state index contributed by atoms with van der Waals surface area (Å²) in [6.07, 6.45) is 16.0. The molecule has 1 aromatic heterocycles. The number of aromatic amines is 1. The van der Waals surface area contributed by atoms with Crippen LogP contribution in [0.4, 0.5) is 0 Å². The lowest BCUT2D eigenvalue weighted by Gasteiger charge is -2.01. The fourth-order valence-electron chi connectivity index (χ4n) is 2.24. The van der Waals surface area contributed by atoms with Gasteiger partial charge in [-0.3, -0.25) is 4.79 Å². The maximum Gasteiger partial charge on any atom is 0.164 e. The Balaban J connectivity index is 1.88. The number of ketones is 1. The van der Waals surface area contributed by atoms with E-state index in [9.17, 15) is 4.79 Å². The lowest BCUT2D eigenvalue weighted by molar-refractivity contribution is 0.0979. The van der Waals surface area contributed by atoms with Crippen molar-refractivity contribution in [3.63, 3.8) is 0 Å². The highest BCUT2D eigenvalue weighted by Gasteiger charge is 2.04. The highest BCUT2D eigenvalue weighted by atomic mass is 16.1. The number of hydrogen-bond donors (Lipinski definition) is 1. The fourth-order valence-corrected chi connectivity index (χ4v) is 2.24. The Kier molecular flexibility index (Phi) is 8.28. The van der Waals surface area contributed by atoms with Crippen LogP contribution in [0.5, 0.6) is 0 Å². The summed E-state index contributed by atoms with van der Waals surface area (Å²) in [5.41, 5.74) is 0.828. The van der Waals surface area contributed by atoms with E-state index in [4.69, 9.17) is 0 Å². The molecule has 0 amide bonds. The van der Waals surface area contributed by atoms with Crippen molar-refractivity contribution >= 4 is 5.78 Å². The Morgan fingerprint density at radius 1 is 1.00 bits per heavy atom. The second-order valence-electron chi connectivity index (χ2n) is 5.10. The van der Waals surface area contributed by atoms with Crippen LogP contribution >= 0.6 is 0 Å². The number of aromatic nitrogens is 1. The van der Waals surface area contributed by atoms with Gasteiger partial charge < -0.3 is 4.98 Å². The van der Waals surface area contributed by atoms with Crippen LogP contribution in [0.2, 0.25) is 0 Å². The molecule has 0 aromatic carbocycles. The molecule has 0 radical (unpaired) electrons. The quantitative estimate of drug-likeness (QED) is 0.428. The number of nitrogens with one attached hydrogen (secondary N) is 1. The molecule has 0 aliphatic carbocycles. The van der Waals surface area contributed by atoms with E-state index in [0.717, 1.165) is 12.0 Å². The van der Waals surface area contributed by atoms with Gasteiger partial charge in [-0.1, -0.05) is 58.3 Å². The van der Waals surface area contributed by atoms with Gasteiger partial charge in [0, 0.05) is 24.4 Å². The van der Waals surface area contributed by atoms with Gasteiger partial charge in [0.25, 0.3) is 0 Å². The van der Waals surface area contributed by atoms with E-state index < -0.39 is 0 Å². The summed E-state index contributed by atoms with van der Waals surface area (Å²) in [4.78, 5) is 14.6. The highest BCUT2D eigenvalue weighted by molar-refractivity contribution is 5.95. The van der Waals surface area contributed by atoms with Gasteiger partial charge in [0.15, 0.2) is 5.78 Å². The second-order valence-corrected chi connectivity index (χ2v) is 5.10. The first-order chi connectivity index (χ1) is 8.84. The normalized spacial score (nSPS) is 10.7. The second kappa shape index (κ2) is 9.93. The van der Waals surface area contributed by atoms with Crippen LogP contribution < -0.4 is 0 Å². The average Bonchev–Trinajstić information content (AvgIpc) is 2.90. The minimum atomic E-state index is 0.277. The topological polar surface area (TPSA) is 32.9 Å². The molecule has 1 N–H and O–H groups in total. The van der Waals surface area contributed by atoms with Gasteiger partial charge in [-0.15, -0.1) is 0 Å². The number of carbonyl (C=O) groups excluding carboxylic acids is 1. The highest BCUT2D eigenvalue weighted by Crippen LogP contribution is 2.12. The summed E-state index contributed by atoms with van der Waals surface area (Å²) in [5, 5.41) is 0. The van der Waals surface area contributed by atoms with Crippen molar-refractivity contribution < 1.29 is 4.79 Å². The SMILES string of the molecule is CCCCCCCCCCCC(=O)c1cc[nH]c1. The first kappa shape index (κ1) is 15.0. The van der Waals surface area contributed by atoms with Gasteiger partial charge in [-0.05, 0) is 12.5 Å². The first-order valence-corrected chi connectivity index (χ1v) is 7.50. The predicted molar refractivity (Wildman–Crippen MR) is 77.0 cm³/mol. The minimum Gasteiger partial charge on any atom is -0.367 e. The average molecular weight is 249 g/mol. The molecule has 2 nitrogen and oxygen atoms in total. The van der Waals surface area contributed by atoms with Gasteiger partial charge in [0.05, 0.1) is 0 Å². The van der Waals surface area contributed by atoms with Crippen LogP contribution in [0.25, 0.3) is 0 Å². The molecule has 18 heavy (non-hydrogen) atoms. The summed E-state index contributed by atoms with van der Waals surface area (Å²) in [6, 6.07) is 1.86. The Labute approximate surface area is 111 Å². The Morgan fingerprint density at radius 2 is 1.61 bits per heavy atom. The zero-order chi connectivity index (χ0) is 13.1. The molecule has 0 aliphatic heterocycles. The van der Waals surface area contributed by atoms with Crippen LogP contribution in [-0.2, 0) is 0 Å². The summed E-state index contributed by atoms with van der Waals surface area (Å²) < 4.78 is 0. The molecule has 0 unspecified atom stereocenters. The Morgan fingerprint density at radius 3 is 2.17 bits per heavy atom. The standard InChI is InChI=1S/C16H27NO/c1-2-3-4-5-6-7-8-9-10-11-16(18)15-12-13-17-14-15/h12-14,17H,2-11H2,1H3. The van der Waals surface area contributed by atoms with Crippen LogP contribution in [-0.4, -0.2) is 10.8 Å². The van der Waals surface area contributed by atoms with Crippen molar-refractivity contribution in [2.45, 2.75) is 71.1 Å². The molecule has 2 heteroatoms. The molecule has 0 atom stereocenters. The van der Waals surface area contributed by atoms with Crippen molar-refractivity contribution in [3.8, 4) is 0 Å². The van der Waals surface area contributed by atoms with E-state index in [1.54, 1.807) is 6.20 Å². The van der Waals surface area contributed by atoms with Crippen molar-refractivity contribution in [1.82, 2.24) is 4.98 Å². The molecule has 0 saturated carbocycles. The number of rotatable bonds is 11. The predicted octanol–water partition coefficient (Wildman–Crippen LogP) is 5.12. The molecule has 1 aromatic rings. The van der Waals surface area contributed by atoms with E-state index in [0.29, 0.717) is 6.42 Å². The summed E-state index contributed by atoms with van der Waals surface area (Å²) >= 11 is 0. The van der Waals surface area contributed by atoms with Crippen molar-refractivity contribution in [2.75, 3.05) is 0 Å². The molecular weight excluding hydrogens is 222 g/mol. The molecule has 1 heterocycles. The zero-order valence-electron chi connectivity index (χ0n) is 11.7. The minimum absolute atomic E-state index is 0.277. The third kappa shape index (κ3) is 6.63. The van der Waals surface area contributed by atoms with Gasteiger partial charge >= 0.3 is 0 Å². The maximum absolute atomic E-state index is 11.7. The monoisotopic (exact) mass is 249 g/mol. The number of unbranched alkanes of at least 4 members (excludes halogenated alkanes) is 8. The molecule has 0 saturated heterocycles. The van der Waals surface area contributed by atoms with E-state index in [-0.39, 0.29) is 5.78 Å². The fraction of sp³-hybridized carbons (Fsp3) is 0.688. The molecule has 0 aliphatic rings. The first-order valence-electron chi connectivity index (χ1n) is 7.50. The Bertz CT molecular complexity index is 303. The van der Waals surface area contributed by atoms with E-state index in [1.807, 2.05) is 12.3 Å². The number of H-pyrrole nitrogens is 1. The van der Waals surface area contributed by atoms with Crippen LogP contribution in [0.1, 0.15) is 81.5 Å². The number of hydrogen-bond acceptors (Lipinski definition) is 1. The Hall–Kier alpha value is -1.05. The van der Waals surface area contributed by atoms with Crippen molar-refractivity contribution in [3.05, 3.63) is 24.0 Å². The molecular formula is C16H27NO. The van der Waals surface area contributed by atoms with Crippen LogP contribution in [0.15, 0.2) is 18.5 Å². The largest absolute Gasteiger partial charge is 0.367 e. The smallest absolute Gasteiger partial charge is 0.164 e. The van der Waals surface area contributed by atoms with Crippen LogP contribution in [0, 0.1) is 0 Å². The van der Waals surface area contributed by atoms with Gasteiger partial charge in [-0.25, -0.2) is 0 Å². The molecule has 0 bridgehead atoms. The van der Waals surface area contributed by atoms with Crippen molar-refractivity contribution in [1.29, 1.82) is 0 Å². The van der Waals surface area contributed by atoms with Gasteiger partial charge in [-0.2, -0.15) is 0 Å². The molecule has 1 rings (SSSR count). The lowest BCUT2D eigenvalue weighted by Crippen LogP contribution is -1.96. The van der Waals surface area contributed by atoms with Crippen molar-refractivity contribution in [2.24, 2.45) is 0 Å². The summed E-state index contributed by atoms with van der Waals surface area (Å²) in [7, 11) is 0. The maximum atomic E-state index is 11.7. The molecule has 0 fully saturated rings. The van der Waals surface area contributed by atoms with E-state index >= 15 is 0 Å². The van der Waals surface area contributed by atoms with Gasteiger partial charge in [0.1, 0.15) is 0 Å². The lowest BCUT2D eigenvalue weighted by atomic mass is 10.0. The van der Waals surface area contributed by atoms with Crippen LogP contribution in [0.3, 0.4) is 0 Å². The number of carbonyl (C=O) groups is 1. The number of Topliss-reactive ketones (excluding diaryl/α,β-unsaturated/α-hetero) is 1. The van der Waals surface area contributed by atoms with E-state index in [2.05, 4.69) is 11.9 Å².